The van der Waals surface area contributed by atoms with Crippen LogP contribution in [-0.2, 0) is 6.18 Å². The second-order valence-corrected chi connectivity index (χ2v) is 4.02. The molecule has 0 aromatic carbocycles. The van der Waals surface area contributed by atoms with Gasteiger partial charge in [-0.1, -0.05) is 0 Å². The molecule has 0 saturated heterocycles. The van der Waals surface area contributed by atoms with Crippen molar-refractivity contribution in [2.24, 2.45) is 0 Å². The topological polar surface area (TPSA) is 50.2 Å². The second kappa shape index (κ2) is 4.70. The smallest absolute Gasteiger partial charge is 0.434 e. The van der Waals surface area contributed by atoms with Gasteiger partial charge in [-0.05, 0) is 28.7 Å². The molecule has 1 rings (SSSR count). The van der Waals surface area contributed by atoms with Gasteiger partial charge >= 0.3 is 12.1 Å². The molecule has 0 unspecified atom stereocenters. The van der Waals surface area contributed by atoms with Crippen LogP contribution in [0.3, 0.4) is 0 Å². The van der Waals surface area contributed by atoms with Crippen molar-refractivity contribution < 1.29 is 31.9 Å². The van der Waals surface area contributed by atoms with Gasteiger partial charge in [-0.2, -0.15) is 13.2 Å². The molecule has 0 atom stereocenters. The van der Waals surface area contributed by atoms with Crippen LogP contribution in [0.25, 0.3) is 0 Å². The first-order chi connectivity index (χ1) is 7.64. The van der Waals surface area contributed by atoms with E-state index in [1.54, 1.807) is 0 Å². The number of carboxylic acids is 1. The normalized spacial score (nSPS) is 11.9. The number of hydrogen-bond acceptors (Lipinski definition) is 2. The van der Waals surface area contributed by atoms with E-state index in [1.807, 2.05) is 0 Å². The van der Waals surface area contributed by atoms with Crippen molar-refractivity contribution in [1.82, 2.24) is 4.98 Å². The maximum atomic E-state index is 12.4. The predicted octanol–water partition coefficient (Wildman–Crippen LogP) is 3.34. The highest BCUT2D eigenvalue weighted by Gasteiger charge is 2.37. The summed E-state index contributed by atoms with van der Waals surface area (Å²) in [6, 6.07) is 0.528. The van der Waals surface area contributed by atoms with E-state index in [2.05, 4.69) is 4.98 Å². The van der Waals surface area contributed by atoms with Gasteiger partial charge in [-0.25, -0.2) is 18.6 Å². The molecule has 0 aliphatic rings. The fraction of sp³-hybridized carbons (Fsp3) is 0.250. The Kier molecular flexibility index (Phi) is 3.89. The Balaban J connectivity index is 3.51. The molecule has 9 heteroatoms. The van der Waals surface area contributed by atoms with Crippen LogP contribution in [0.5, 0.6) is 0 Å². The average Bonchev–Trinajstić information content (AvgIpc) is 2.14. The molecule has 1 heterocycles. The zero-order valence-corrected chi connectivity index (χ0v) is 9.88. The van der Waals surface area contributed by atoms with Gasteiger partial charge < -0.3 is 5.11 Å². The van der Waals surface area contributed by atoms with Crippen molar-refractivity contribution in [3.05, 3.63) is 26.6 Å². The summed E-state index contributed by atoms with van der Waals surface area (Å²) in [7, 11) is 0. The van der Waals surface area contributed by atoms with Crippen molar-refractivity contribution in [1.29, 1.82) is 0 Å². The summed E-state index contributed by atoms with van der Waals surface area (Å²) in [6.07, 6.45) is -8.30. The first-order valence-electron chi connectivity index (χ1n) is 3.93. The minimum Gasteiger partial charge on any atom is -0.478 e. The van der Waals surface area contributed by atoms with Crippen LogP contribution in [0.15, 0.2) is 6.07 Å². The quantitative estimate of drug-likeness (QED) is 0.645. The van der Waals surface area contributed by atoms with Gasteiger partial charge in [0.25, 0.3) is 6.43 Å². The molecule has 0 bridgehead atoms. The number of aromatic nitrogens is 1. The molecule has 17 heavy (non-hydrogen) atoms. The Hall–Kier alpha value is -1.00. The molecule has 1 aromatic heterocycles. The summed E-state index contributed by atoms with van der Waals surface area (Å²) in [4.78, 5) is 13.3. The van der Waals surface area contributed by atoms with Gasteiger partial charge in [0.2, 0.25) is 0 Å². The summed E-state index contributed by atoms with van der Waals surface area (Å²) in [6.45, 7) is 0. The van der Waals surface area contributed by atoms with E-state index in [4.69, 9.17) is 5.11 Å². The Morgan fingerprint density at radius 2 is 1.94 bits per heavy atom. The van der Waals surface area contributed by atoms with Gasteiger partial charge in [0, 0.05) is 3.57 Å². The first kappa shape index (κ1) is 14.1. The number of aromatic carboxylic acids is 1. The molecule has 0 saturated carbocycles. The van der Waals surface area contributed by atoms with Gasteiger partial charge in [0.05, 0.1) is 5.56 Å². The molecule has 0 amide bonds. The lowest BCUT2D eigenvalue weighted by molar-refractivity contribution is -0.142. The number of pyridine rings is 1. The molecule has 0 fully saturated rings. The fourth-order valence-electron chi connectivity index (χ4n) is 1.04. The molecule has 94 valence electrons. The Bertz CT molecular complexity index is 460. The molecular formula is C8H3F5INO2. The maximum absolute atomic E-state index is 12.4. The fourth-order valence-corrected chi connectivity index (χ4v) is 1.78. The summed E-state index contributed by atoms with van der Waals surface area (Å²) in [5.41, 5.74) is -3.83. The Labute approximate surface area is 105 Å². The summed E-state index contributed by atoms with van der Waals surface area (Å²) in [5.74, 6) is -1.75. The van der Waals surface area contributed by atoms with Crippen molar-refractivity contribution in [2.45, 2.75) is 12.6 Å². The lowest BCUT2D eigenvalue weighted by atomic mass is 10.1. The van der Waals surface area contributed by atoms with E-state index in [9.17, 15) is 26.7 Å². The molecule has 1 aromatic rings. The molecule has 0 aliphatic heterocycles. The van der Waals surface area contributed by atoms with Crippen LogP contribution in [0, 0.1) is 3.57 Å². The summed E-state index contributed by atoms with van der Waals surface area (Å²) >= 11 is 1.19. The molecule has 0 spiro atoms. The molecule has 1 N–H and O–H groups in total. The lowest BCUT2D eigenvalue weighted by Gasteiger charge is -2.12. The number of halogens is 6. The Morgan fingerprint density at radius 1 is 1.41 bits per heavy atom. The number of carboxylic acid groups (broad SMARTS) is 1. The lowest BCUT2D eigenvalue weighted by Crippen LogP contribution is -2.16. The largest absolute Gasteiger partial charge is 0.478 e. The second-order valence-electron chi connectivity index (χ2n) is 2.86. The highest BCUT2D eigenvalue weighted by atomic mass is 127. The standard InChI is InChI=1S/C8H3F5INO2/c9-6(10)4-2(7(16)17)1-3(14)5(15-4)8(11,12)13/h1,6H,(H,16,17). The van der Waals surface area contributed by atoms with Crippen LogP contribution < -0.4 is 0 Å². The van der Waals surface area contributed by atoms with E-state index in [-0.39, 0.29) is 0 Å². The SMILES string of the molecule is O=C(O)c1cc(I)c(C(F)(F)F)nc1C(F)F. The zero-order chi connectivity index (χ0) is 13.4. The highest BCUT2D eigenvalue weighted by molar-refractivity contribution is 14.1. The van der Waals surface area contributed by atoms with Gasteiger partial charge in [-0.15, -0.1) is 0 Å². The van der Waals surface area contributed by atoms with Gasteiger partial charge in [0.15, 0.2) is 5.69 Å². The van der Waals surface area contributed by atoms with Crippen molar-refractivity contribution in [2.75, 3.05) is 0 Å². The number of hydrogen-bond donors (Lipinski definition) is 1. The Morgan fingerprint density at radius 3 is 2.29 bits per heavy atom. The van der Waals surface area contributed by atoms with Crippen LogP contribution in [0.2, 0.25) is 0 Å². The van der Waals surface area contributed by atoms with Crippen LogP contribution >= 0.6 is 22.6 Å². The van der Waals surface area contributed by atoms with Crippen LogP contribution in [0.1, 0.15) is 28.2 Å². The van der Waals surface area contributed by atoms with Crippen molar-refractivity contribution in [3.63, 3.8) is 0 Å². The van der Waals surface area contributed by atoms with Crippen molar-refractivity contribution >= 4 is 28.6 Å². The monoisotopic (exact) mass is 367 g/mol. The predicted molar refractivity (Wildman–Crippen MR) is 53.9 cm³/mol. The maximum Gasteiger partial charge on any atom is 0.434 e. The minimum absolute atomic E-state index is 0.528. The third kappa shape index (κ3) is 3.01. The van der Waals surface area contributed by atoms with Crippen LogP contribution in [-0.4, -0.2) is 16.1 Å². The molecular weight excluding hydrogens is 364 g/mol. The van der Waals surface area contributed by atoms with Crippen LogP contribution in [0.4, 0.5) is 22.0 Å². The van der Waals surface area contributed by atoms with Gasteiger partial charge in [-0.3, -0.25) is 0 Å². The number of nitrogens with zero attached hydrogens (tertiary/aromatic N) is 1. The average molecular weight is 367 g/mol. The van der Waals surface area contributed by atoms with Gasteiger partial charge in [0.1, 0.15) is 5.69 Å². The van der Waals surface area contributed by atoms with E-state index >= 15 is 0 Å². The third-order valence-corrected chi connectivity index (χ3v) is 2.53. The summed E-state index contributed by atoms with van der Waals surface area (Å²) in [5, 5.41) is 8.57. The van der Waals surface area contributed by atoms with E-state index in [0.29, 0.717) is 6.07 Å². The number of rotatable bonds is 2. The molecule has 0 radical (unpaired) electrons. The van der Waals surface area contributed by atoms with E-state index < -0.39 is 39.1 Å². The highest BCUT2D eigenvalue weighted by Crippen LogP contribution is 2.34. The summed E-state index contributed by atoms with van der Waals surface area (Å²) < 4.78 is 61.3. The first-order valence-corrected chi connectivity index (χ1v) is 5.01. The zero-order valence-electron chi connectivity index (χ0n) is 7.73. The van der Waals surface area contributed by atoms with E-state index in [0.717, 1.165) is 0 Å². The molecule has 0 aliphatic carbocycles. The molecule has 3 nitrogen and oxygen atoms in total. The number of alkyl halides is 5. The minimum atomic E-state index is -4.91. The van der Waals surface area contributed by atoms with E-state index in [1.165, 1.54) is 22.6 Å². The van der Waals surface area contributed by atoms with Crippen molar-refractivity contribution in [3.8, 4) is 0 Å². The number of carbonyl (C=O) groups is 1. The third-order valence-electron chi connectivity index (χ3n) is 1.71.